The Balaban J connectivity index is 3.06. The molecule has 0 radical (unpaired) electrons. The number of nitrogens with zero attached hydrogens (tertiary/aromatic N) is 2. The molecule has 2 rings (SSSR count). The van der Waals surface area contributed by atoms with Crippen molar-refractivity contribution in [3.63, 3.8) is 0 Å². The molecule has 0 fully saturated rings. The summed E-state index contributed by atoms with van der Waals surface area (Å²) in [7, 11) is 0. The summed E-state index contributed by atoms with van der Waals surface area (Å²) in [6.07, 6.45) is 0.753. The standard InChI is InChI=1S/C12H6N2O8/c15-9(16)3-1-4(10(17)18)7-8(6(3)12(21)22)14-5(2-13-7)11(19)20/h1-2H,(H,15,16)(H,17,18)(H,19,20)(H,21,22). The summed E-state index contributed by atoms with van der Waals surface area (Å²) >= 11 is 0. The third-order valence-corrected chi connectivity index (χ3v) is 2.72. The van der Waals surface area contributed by atoms with Crippen molar-refractivity contribution in [2.24, 2.45) is 0 Å². The minimum atomic E-state index is -1.70. The minimum Gasteiger partial charge on any atom is -0.478 e. The Hall–Kier alpha value is -3.56. The molecule has 0 aliphatic carbocycles. The van der Waals surface area contributed by atoms with Crippen LogP contribution in [0.3, 0.4) is 0 Å². The highest BCUT2D eigenvalue weighted by Gasteiger charge is 2.26. The zero-order valence-corrected chi connectivity index (χ0v) is 10.5. The van der Waals surface area contributed by atoms with E-state index in [1.54, 1.807) is 0 Å². The van der Waals surface area contributed by atoms with Crippen molar-refractivity contribution in [1.29, 1.82) is 0 Å². The topological polar surface area (TPSA) is 175 Å². The normalized spacial score (nSPS) is 10.4. The number of carboxylic acids is 4. The van der Waals surface area contributed by atoms with E-state index in [9.17, 15) is 19.2 Å². The van der Waals surface area contributed by atoms with E-state index in [2.05, 4.69) is 9.97 Å². The smallest absolute Gasteiger partial charge is 0.356 e. The lowest BCUT2D eigenvalue weighted by Gasteiger charge is -2.09. The van der Waals surface area contributed by atoms with Crippen LogP contribution in [0, 0.1) is 0 Å². The summed E-state index contributed by atoms with van der Waals surface area (Å²) in [5.74, 6) is -6.47. The first-order chi connectivity index (χ1) is 10.2. The molecule has 1 aromatic carbocycles. The third-order valence-electron chi connectivity index (χ3n) is 2.72. The number of rotatable bonds is 4. The highest BCUT2D eigenvalue weighted by Crippen LogP contribution is 2.24. The quantitative estimate of drug-likeness (QED) is 0.619. The Labute approximate surface area is 120 Å². The van der Waals surface area contributed by atoms with Crippen molar-refractivity contribution < 1.29 is 39.6 Å². The highest BCUT2D eigenvalue weighted by atomic mass is 16.4. The number of hydrogen-bond donors (Lipinski definition) is 4. The van der Waals surface area contributed by atoms with E-state index in [1.165, 1.54) is 0 Å². The van der Waals surface area contributed by atoms with Crippen LogP contribution in [0.25, 0.3) is 11.0 Å². The molecule has 0 aliphatic rings. The zero-order valence-electron chi connectivity index (χ0n) is 10.5. The van der Waals surface area contributed by atoms with E-state index in [0.717, 1.165) is 6.20 Å². The van der Waals surface area contributed by atoms with Crippen molar-refractivity contribution in [2.45, 2.75) is 0 Å². The van der Waals surface area contributed by atoms with Crippen LogP contribution >= 0.6 is 0 Å². The first-order valence-electron chi connectivity index (χ1n) is 5.51. The number of carbonyl (C=O) groups is 4. The largest absolute Gasteiger partial charge is 0.478 e. The molecule has 0 saturated heterocycles. The summed E-state index contributed by atoms with van der Waals surface area (Å²) < 4.78 is 0. The average molecular weight is 306 g/mol. The maximum Gasteiger partial charge on any atom is 0.356 e. The van der Waals surface area contributed by atoms with Crippen LogP contribution in [0.15, 0.2) is 12.3 Å². The predicted molar refractivity (Wildman–Crippen MR) is 67.4 cm³/mol. The fourth-order valence-electron chi connectivity index (χ4n) is 1.82. The Kier molecular flexibility index (Phi) is 3.43. The van der Waals surface area contributed by atoms with Gasteiger partial charge in [-0.2, -0.15) is 0 Å². The Morgan fingerprint density at radius 2 is 1.36 bits per heavy atom. The molecule has 0 unspecified atom stereocenters. The van der Waals surface area contributed by atoms with Gasteiger partial charge in [0, 0.05) is 0 Å². The number of benzene rings is 1. The molecule has 0 saturated carbocycles. The fraction of sp³-hybridized carbons (Fsp3) is 0. The Bertz CT molecular complexity index is 858. The second-order valence-corrected chi connectivity index (χ2v) is 4.02. The van der Waals surface area contributed by atoms with Crippen LogP contribution in [0.2, 0.25) is 0 Å². The van der Waals surface area contributed by atoms with Gasteiger partial charge in [0.05, 0.1) is 17.3 Å². The first-order valence-corrected chi connectivity index (χ1v) is 5.51. The molecule has 0 bridgehead atoms. The van der Waals surface area contributed by atoms with Gasteiger partial charge in [0.1, 0.15) is 16.6 Å². The van der Waals surface area contributed by atoms with Gasteiger partial charge >= 0.3 is 23.9 Å². The van der Waals surface area contributed by atoms with Gasteiger partial charge in [-0.05, 0) is 6.07 Å². The van der Waals surface area contributed by atoms with Gasteiger partial charge < -0.3 is 20.4 Å². The molecule has 112 valence electrons. The zero-order chi connectivity index (χ0) is 16.6. The molecule has 0 spiro atoms. The monoisotopic (exact) mass is 306 g/mol. The lowest BCUT2D eigenvalue weighted by molar-refractivity contribution is 0.0651. The molecule has 1 aromatic heterocycles. The van der Waals surface area contributed by atoms with Crippen LogP contribution in [0.4, 0.5) is 0 Å². The first kappa shape index (κ1) is 14.8. The van der Waals surface area contributed by atoms with Gasteiger partial charge in [-0.3, -0.25) is 4.98 Å². The molecule has 2 aromatic rings. The lowest BCUT2D eigenvalue weighted by atomic mass is 10.0. The van der Waals surface area contributed by atoms with Crippen LogP contribution in [-0.4, -0.2) is 54.3 Å². The molecular weight excluding hydrogens is 300 g/mol. The van der Waals surface area contributed by atoms with Crippen molar-refractivity contribution >= 4 is 34.9 Å². The van der Waals surface area contributed by atoms with Gasteiger partial charge in [0.25, 0.3) is 0 Å². The van der Waals surface area contributed by atoms with Gasteiger partial charge in [-0.15, -0.1) is 0 Å². The van der Waals surface area contributed by atoms with Gasteiger partial charge in [0.2, 0.25) is 0 Å². The molecule has 0 aliphatic heterocycles. The molecule has 1 heterocycles. The Morgan fingerprint density at radius 1 is 0.773 bits per heavy atom. The summed E-state index contributed by atoms with van der Waals surface area (Å²) in [5.41, 5.74) is -3.93. The van der Waals surface area contributed by atoms with E-state index < -0.39 is 57.3 Å². The lowest BCUT2D eigenvalue weighted by Crippen LogP contribution is -2.14. The van der Waals surface area contributed by atoms with Crippen molar-refractivity contribution in [1.82, 2.24) is 9.97 Å². The van der Waals surface area contributed by atoms with E-state index >= 15 is 0 Å². The van der Waals surface area contributed by atoms with E-state index in [-0.39, 0.29) is 0 Å². The van der Waals surface area contributed by atoms with E-state index in [1.807, 2.05) is 0 Å². The van der Waals surface area contributed by atoms with Crippen LogP contribution in [-0.2, 0) is 0 Å². The van der Waals surface area contributed by atoms with Crippen LogP contribution < -0.4 is 0 Å². The Morgan fingerprint density at radius 3 is 1.82 bits per heavy atom. The number of hydrogen-bond acceptors (Lipinski definition) is 6. The van der Waals surface area contributed by atoms with E-state index in [4.69, 9.17) is 20.4 Å². The number of carboxylic acid groups (broad SMARTS) is 4. The van der Waals surface area contributed by atoms with Crippen molar-refractivity contribution in [2.75, 3.05) is 0 Å². The molecule has 0 amide bonds. The minimum absolute atomic E-state index is 0.417. The van der Waals surface area contributed by atoms with Crippen LogP contribution in [0.1, 0.15) is 41.6 Å². The highest BCUT2D eigenvalue weighted by molar-refractivity contribution is 6.15. The van der Waals surface area contributed by atoms with Crippen molar-refractivity contribution in [3.05, 3.63) is 34.6 Å². The average Bonchev–Trinajstić information content (AvgIpc) is 2.43. The third kappa shape index (κ3) is 2.28. The molecule has 10 heteroatoms. The number of fused-ring (bicyclic) bond motifs is 1. The van der Waals surface area contributed by atoms with Gasteiger partial charge in [-0.25, -0.2) is 24.2 Å². The summed E-state index contributed by atoms with van der Waals surface area (Å²) in [6.45, 7) is 0. The van der Waals surface area contributed by atoms with Crippen molar-refractivity contribution in [3.8, 4) is 0 Å². The molecule has 10 nitrogen and oxygen atoms in total. The summed E-state index contributed by atoms with van der Waals surface area (Å²) in [4.78, 5) is 51.6. The summed E-state index contributed by atoms with van der Waals surface area (Å²) in [5, 5.41) is 36.1. The SMILES string of the molecule is O=C(O)c1cnc2c(C(=O)O)cc(C(=O)O)c(C(=O)O)c2n1. The molecule has 22 heavy (non-hydrogen) atoms. The molecular formula is C12H6N2O8. The van der Waals surface area contributed by atoms with Gasteiger partial charge in [0.15, 0.2) is 5.69 Å². The second kappa shape index (κ2) is 5.09. The molecule has 4 N–H and O–H groups in total. The fourth-order valence-corrected chi connectivity index (χ4v) is 1.82. The molecule has 0 atom stereocenters. The second-order valence-electron chi connectivity index (χ2n) is 4.02. The maximum absolute atomic E-state index is 11.3. The number of aromatic nitrogens is 2. The summed E-state index contributed by atoms with van der Waals surface area (Å²) in [6, 6.07) is 0.644. The van der Waals surface area contributed by atoms with Crippen LogP contribution in [0.5, 0.6) is 0 Å². The predicted octanol–water partition coefficient (Wildman–Crippen LogP) is 0.423. The van der Waals surface area contributed by atoms with E-state index in [0.29, 0.717) is 6.07 Å². The maximum atomic E-state index is 11.3. The number of aromatic carboxylic acids is 4. The van der Waals surface area contributed by atoms with Gasteiger partial charge in [-0.1, -0.05) is 0 Å².